The highest BCUT2D eigenvalue weighted by molar-refractivity contribution is 14.0. The number of guanidine groups is 1. The van der Waals surface area contributed by atoms with E-state index in [1.165, 1.54) is 0 Å². The van der Waals surface area contributed by atoms with Gasteiger partial charge >= 0.3 is 0 Å². The average molecular weight is 434 g/mol. The van der Waals surface area contributed by atoms with Gasteiger partial charge in [-0.3, -0.25) is 9.79 Å². The Morgan fingerprint density at radius 3 is 2.74 bits per heavy atom. The van der Waals surface area contributed by atoms with Crippen molar-refractivity contribution in [2.75, 3.05) is 26.7 Å². The van der Waals surface area contributed by atoms with Gasteiger partial charge in [-0.05, 0) is 26.0 Å². The predicted octanol–water partition coefficient (Wildman–Crippen LogP) is 1.93. The van der Waals surface area contributed by atoms with E-state index in [-0.39, 0.29) is 29.9 Å². The van der Waals surface area contributed by atoms with E-state index in [9.17, 15) is 4.79 Å². The number of amides is 1. The smallest absolute Gasteiger partial charge is 0.227 e. The van der Waals surface area contributed by atoms with Crippen molar-refractivity contribution in [2.45, 2.75) is 20.3 Å². The number of nitrogens with one attached hydrogen (secondary N) is 3. The summed E-state index contributed by atoms with van der Waals surface area (Å²) in [6.07, 6.45) is 4.18. The Kier molecular flexibility index (Phi) is 10.4. The summed E-state index contributed by atoms with van der Waals surface area (Å²) < 4.78 is 5.29. The third kappa shape index (κ3) is 8.06. The summed E-state index contributed by atoms with van der Waals surface area (Å²) >= 11 is 0. The highest BCUT2D eigenvalue weighted by atomic mass is 127. The van der Waals surface area contributed by atoms with Crippen molar-refractivity contribution >= 4 is 35.8 Å². The van der Waals surface area contributed by atoms with E-state index in [1.807, 2.05) is 26.0 Å². The lowest BCUT2D eigenvalue weighted by Gasteiger charge is -2.21. The van der Waals surface area contributed by atoms with Crippen LogP contribution in [0.2, 0.25) is 0 Å². The van der Waals surface area contributed by atoms with Crippen molar-refractivity contribution in [1.29, 1.82) is 0 Å². The Hall–Kier alpha value is -1.51. The molecule has 1 heterocycles. The van der Waals surface area contributed by atoms with Gasteiger partial charge in [0, 0.05) is 26.6 Å². The highest BCUT2D eigenvalue weighted by Crippen LogP contribution is 2.15. The maximum Gasteiger partial charge on any atom is 0.227 e. The van der Waals surface area contributed by atoms with Crippen LogP contribution < -0.4 is 16.0 Å². The molecular weight excluding hydrogens is 407 g/mol. The van der Waals surface area contributed by atoms with Crippen LogP contribution >= 0.6 is 24.0 Å². The van der Waals surface area contributed by atoms with Gasteiger partial charge < -0.3 is 20.4 Å². The number of hydrogen-bond acceptors (Lipinski definition) is 3. The molecule has 0 aliphatic heterocycles. The van der Waals surface area contributed by atoms with Gasteiger partial charge in [-0.2, -0.15) is 0 Å². The lowest BCUT2D eigenvalue weighted by molar-refractivity contribution is -0.128. The Labute approximate surface area is 155 Å². The molecule has 0 saturated carbocycles. The van der Waals surface area contributed by atoms with Crippen molar-refractivity contribution in [3.63, 3.8) is 0 Å². The first-order chi connectivity index (χ1) is 10.5. The number of rotatable bonds is 8. The lowest BCUT2D eigenvalue weighted by Crippen LogP contribution is -2.41. The Morgan fingerprint density at radius 1 is 1.43 bits per heavy atom. The number of hydrogen-bond donors (Lipinski definition) is 3. The molecule has 0 radical (unpaired) electrons. The maximum absolute atomic E-state index is 11.8. The van der Waals surface area contributed by atoms with Gasteiger partial charge in [-0.25, -0.2) is 0 Å². The molecule has 0 unspecified atom stereocenters. The Bertz CT molecular complexity index is 498. The second-order valence-electron chi connectivity index (χ2n) is 5.55. The standard InChI is InChI=1S/C16H26N4O2.HI/c1-5-9-18-15(19-10-8-13-7-6-11-22-13)20-12-16(2,3)14(21)17-4;/h5-7,11H,1,8-10,12H2,2-4H3,(H,17,21)(H2,18,19,20);1H. The van der Waals surface area contributed by atoms with Crippen LogP contribution in [0.3, 0.4) is 0 Å². The van der Waals surface area contributed by atoms with Crippen molar-refractivity contribution in [3.05, 3.63) is 36.8 Å². The molecule has 6 nitrogen and oxygen atoms in total. The fourth-order valence-corrected chi connectivity index (χ4v) is 1.79. The van der Waals surface area contributed by atoms with Gasteiger partial charge in [-0.15, -0.1) is 30.6 Å². The van der Waals surface area contributed by atoms with Crippen LogP contribution in [-0.4, -0.2) is 38.5 Å². The number of carbonyl (C=O) groups is 1. The number of nitrogens with zero attached hydrogens (tertiary/aromatic N) is 1. The molecule has 0 bridgehead atoms. The fraction of sp³-hybridized carbons (Fsp3) is 0.500. The molecule has 7 heteroatoms. The molecule has 1 amide bonds. The number of aliphatic imine (C=N–C) groups is 1. The molecular formula is C16H27IN4O2. The zero-order valence-electron chi connectivity index (χ0n) is 14.0. The molecule has 1 rings (SSSR count). The van der Waals surface area contributed by atoms with E-state index in [4.69, 9.17) is 4.42 Å². The van der Waals surface area contributed by atoms with Crippen LogP contribution in [0, 0.1) is 5.41 Å². The third-order valence-electron chi connectivity index (χ3n) is 3.13. The molecule has 0 aliphatic carbocycles. The van der Waals surface area contributed by atoms with E-state index < -0.39 is 5.41 Å². The van der Waals surface area contributed by atoms with Crippen LogP contribution in [0.1, 0.15) is 19.6 Å². The molecule has 1 aromatic heterocycles. The summed E-state index contributed by atoms with van der Waals surface area (Å²) in [5.74, 6) is 1.54. The minimum Gasteiger partial charge on any atom is -0.469 e. The molecule has 1 aromatic rings. The average Bonchev–Trinajstić information content (AvgIpc) is 3.01. The number of furan rings is 1. The summed E-state index contributed by atoms with van der Waals surface area (Å²) in [7, 11) is 1.63. The molecule has 0 spiro atoms. The van der Waals surface area contributed by atoms with E-state index in [1.54, 1.807) is 19.4 Å². The molecule has 0 atom stereocenters. The molecule has 130 valence electrons. The van der Waals surface area contributed by atoms with Gasteiger partial charge in [0.1, 0.15) is 5.76 Å². The Balaban J connectivity index is 0.00000484. The molecule has 0 aliphatic rings. The first-order valence-corrected chi connectivity index (χ1v) is 7.37. The fourth-order valence-electron chi connectivity index (χ4n) is 1.79. The van der Waals surface area contributed by atoms with Gasteiger partial charge in [0.05, 0.1) is 18.2 Å². The van der Waals surface area contributed by atoms with Crippen molar-refractivity contribution in [1.82, 2.24) is 16.0 Å². The minimum absolute atomic E-state index is 0. The van der Waals surface area contributed by atoms with E-state index in [0.717, 1.165) is 12.2 Å². The van der Waals surface area contributed by atoms with E-state index >= 15 is 0 Å². The van der Waals surface area contributed by atoms with Crippen LogP contribution in [-0.2, 0) is 11.2 Å². The van der Waals surface area contributed by atoms with Gasteiger partial charge in [0.25, 0.3) is 0 Å². The van der Waals surface area contributed by atoms with Crippen LogP contribution in [0.15, 0.2) is 40.5 Å². The first kappa shape index (κ1) is 21.5. The van der Waals surface area contributed by atoms with Crippen LogP contribution in [0.25, 0.3) is 0 Å². The van der Waals surface area contributed by atoms with Crippen LogP contribution in [0.5, 0.6) is 0 Å². The summed E-state index contributed by atoms with van der Waals surface area (Å²) in [6.45, 7) is 9.09. The topological polar surface area (TPSA) is 78.7 Å². The summed E-state index contributed by atoms with van der Waals surface area (Å²) in [6, 6.07) is 3.80. The third-order valence-corrected chi connectivity index (χ3v) is 3.13. The summed E-state index contributed by atoms with van der Waals surface area (Å²) in [4.78, 5) is 16.3. The summed E-state index contributed by atoms with van der Waals surface area (Å²) in [5, 5.41) is 9.02. The zero-order chi connectivity index (χ0) is 16.4. The first-order valence-electron chi connectivity index (χ1n) is 7.37. The van der Waals surface area contributed by atoms with E-state index in [0.29, 0.717) is 25.6 Å². The van der Waals surface area contributed by atoms with Crippen molar-refractivity contribution in [2.24, 2.45) is 10.4 Å². The molecule has 23 heavy (non-hydrogen) atoms. The summed E-state index contributed by atoms with van der Waals surface area (Å²) in [5.41, 5.74) is -0.557. The van der Waals surface area contributed by atoms with Gasteiger partial charge in [0.2, 0.25) is 5.91 Å². The second-order valence-corrected chi connectivity index (χ2v) is 5.55. The van der Waals surface area contributed by atoms with E-state index in [2.05, 4.69) is 27.5 Å². The largest absolute Gasteiger partial charge is 0.469 e. The lowest BCUT2D eigenvalue weighted by atomic mass is 9.93. The minimum atomic E-state index is -0.557. The van der Waals surface area contributed by atoms with Crippen molar-refractivity contribution in [3.8, 4) is 0 Å². The predicted molar refractivity (Wildman–Crippen MR) is 104 cm³/mol. The molecule has 0 saturated heterocycles. The molecule has 0 fully saturated rings. The number of carbonyl (C=O) groups excluding carboxylic acids is 1. The van der Waals surface area contributed by atoms with Gasteiger partial charge in [-0.1, -0.05) is 6.08 Å². The monoisotopic (exact) mass is 434 g/mol. The highest BCUT2D eigenvalue weighted by Gasteiger charge is 2.26. The quantitative estimate of drug-likeness (QED) is 0.253. The molecule has 3 N–H and O–H groups in total. The zero-order valence-corrected chi connectivity index (χ0v) is 16.3. The second kappa shape index (κ2) is 11.1. The maximum atomic E-state index is 11.8. The van der Waals surface area contributed by atoms with Crippen LogP contribution in [0.4, 0.5) is 0 Å². The Morgan fingerprint density at radius 2 is 2.17 bits per heavy atom. The normalized spacial score (nSPS) is 11.3. The number of halogens is 1. The SMILES string of the molecule is C=CCNC(=NCC(C)(C)C(=O)NC)NCCc1ccco1.I. The molecule has 0 aromatic carbocycles. The van der Waals surface area contributed by atoms with Crippen molar-refractivity contribution < 1.29 is 9.21 Å². The van der Waals surface area contributed by atoms with Gasteiger partial charge in [0.15, 0.2) is 5.96 Å².